The highest BCUT2D eigenvalue weighted by Crippen LogP contribution is 2.59. The number of aromatic amines is 1. The number of oxazole rings is 2. The first kappa shape index (κ1) is 29.9. The van der Waals surface area contributed by atoms with Gasteiger partial charge in [-0.25, -0.2) is 15.0 Å². The van der Waals surface area contributed by atoms with Crippen molar-refractivity contribution in [1.82, 2.24) is 30.6 Å². The summed E-state index contributed by atoms with van der Waals surface area (Å²) >= 11 is 0. The Hall–Kier alpha value is -5.43. The van der Waals surface area contributed by atoms with Crippen molar-refractivity contribution in [3.05, 3.63) is 89.5 Å². The molecule has 0 fully saturated rings. The van der Waals surface area contributed by atoms with E-state index in [4.69, 9.17) is 23.5 Å². The van der Waals surface area contributed by atoms with Crippen molar-refractivity contribution in [2.45, 2.75) is 63.9 Å². The normalized spacial score (nSPS) is 23.0. The molecular weight excluding hydrogens is 614 g/mol. The Morgan fingerprint density at radius 1 is 1.08 bits per heavy atom. The number of carbonyl (C=O) groups excluding carboxylic acids is 2. The molecule has 0 saturated heterocycles. The van der Waals surface area contributed by atoms with Crippen molar-refractivity contribution in [3.8, 4) is 28.9 Å². The molecule has 3 aliphatic rings. The second-order valence-corrected chi connectivity index (χ2v) is 13.2. The minimum Gasteiger partial charge on any atom is -0.469 e. The molecule has 6 heterocycles. The topological polar surface area (TPSA) is 180 Å². The van der Waals surface area contributed by atoms with Crippen LogP contribution in [0.25, 0.3) is 23.1 Å². The van der Waals surface area contributed by atoms with Gasteiger partial charge >= 0.3 is 0 Å². The molecule has 1 unspecified atom stereocenters. The SMILES string of the molecule is CC(C)[C@H](O)C(=O)N[C@H]1Cc2ccc3c(c2)C2(c4ccccc4N[C@@H]2O3)c2oc(nc2-c2nc(-c3ncc[nH]3)co2)[C@H](C(C)C)NC1=O. The molecule has 0 radical (unpaired) electrons. The molecule has 8 rings (SSSR count). The zero-order chi connectivity index (χ0) is 33.3. The minimum atomic E-state index is -1.28. The van der Waals surface area contributed by atoms with E-state index in [9.17, 15) is 14.7 Å². The number of aromatic nitrogens is 4. The Labute approximate surface area is 275 Å². The Morgan fingerprint density at radius 2 is 1.92 bits per heavy atom. The summed E-state index contributed by atoms with van der Waals surface area (Å²) in [4.78, 5) is 44.2. The lowest BCUT2D eigenvalue weighted by atomic mass is 9.72. The molecule has 2 aromatic carbocycles. The fourth-order valence-electron chi connectivity index (χ4n) is 6.90. The number of aliphatic hydroxyl groups is 1. The fraction of sp³-hybridized carbons (Fsp3) is 0.343. The van der Waals surface area contributed by atoms with E-state index >= 15 is 0 Å². The van der Waals surface area contributed by atoms with Gasteiger partial charge in [0, 0.05) is 30.1 Å². The second kappa shape index (κ2) is 11.1. The van der Waals surface area contributed by atoms with E-state index < -0.39 is 41.6 Å². The standard InChI is InChI=1S/C35H35N7O6/c1-16(2)25-33-42-26(32-39-23(15-46-32)29-36-11-12-37-29)28(48-33)35-19-7-5-6-8-21(19)40-34(35)47-24-10-9-18(13-20(24)35)14-22(30(44)41-25)38-31(45)27(43)17(3)4/h5-13,15-17,22,25,27,34,40,43H,14H2,1-4H3,(H,36,37)(H,38,45)(H,41,44)/t22-,25-,27-,34+,35?/m0/s1. The molecule has 5 aromatic rings. The smallest absolute Gasteiger partial charge is 0.249 e. The van der Waals surface area contributed by atoms with Crippen LogP contribution < -0.4 is 20.7 Å². The first-order valence-corrected chi connectivity index (χ1v) is 16.1. The van der Waals surface area contributed by atoms with E-state index in [0.29, 0.717) is 28.7 Å². The maximum absolute atomic E-state index is 14.0. The van der Waals surface area contributed by atoms with Crippen LogP contribution in [0.4, 0.5) is 5.69 Å². The van der Waals surface area contributed by atoms with Crippen molar-refractivity contribution >= 4 is 17.5 Å². The molecule has 3 aliphatic heterocycles. The van der Waals surface area contributed by atoms with Gasteiger partial charge in [-0.15, -0.1) is 0 Å². The van der Waals surface area contributed by atoms with Gasteiger partial charge < -0.3 is 39.6 Å². The average molecular weight is 650 g/mol. The van der Waals surface area contributed by atoms with Gasteiger partial charge in [-0.05, 0) is 35.1 Å². The average Bonchev–Trinajstić information content (AvgIpc) is 3.89. The largest absolute Gasteiger partial charge is 0.469 e. The predicted octanol–water partition coefficient (Wildman–Crippen LogP) is 4.07. The fourth-order valence-corrected chi connectivity index (χ4v) is 6.90. The number of amides is 2. The zero-order valence-corrected chi connectivity index (χ0v) is 26.8. The van der Waals surface area contributed by atoms with Gasteiger partial charge in [-0.1, -0.05) is 58.0 Å². The van der Waals surface area contributed by atoms with E-state index in [1.807, 2.05) is 56.3 Å². The number of carbonyl (C=O) groups is 2. The molecule has 246 valence electrons. The summed E-state index contributed by atoms with van der Waals surface area (Å²) in [6.45, 7) is 7.38. The third-order valence-corrected chi connectivity index (χ3v) is 9.40. The third-order valence-electron chi connectivity index (χ3n) is 9.40. The quantitative estimate of drug-likeness (QED) is 0.180. The Balaban J connectivity index is 1.36. The number of benzene rings is 2. The molecule has 13 heteroatoms. The molecule has 0 aliphatic carbocycles. The molecule has 4 bridgehead atoms. The molecule has 13 nitrogen and oxygen atoms in total. The number of nitrogens with zero attached hydrogens (tertiary/aromatic N) is 3. The van der Waals surface area contributed by atoms with Crippen molar-refractivity contribution in [3.63, 3.8) is 0 Å². The lowest BCUT2D eigenvalue weighted by Crippen LogP contribution is -2.52. The van der Waals surface area contributed by atoms with Gasteiger partial charge in [-0.3, -0.25) is 9.59 Å². The van der Waals surface area contributed by atoms with Gasteiger partial charge in [0.1, 0.15) is 41.3 Å². The summed E-state index contributed by atoms with van der Waals surface area (Å²) in [5, 5.41) is 20.0. The van der Waals surface area contributed by atoms with Gasteiger partial charge in [0.15, 0.2) is 23.5 Å². The molecule has 5 N–H and O–H groups in total. The highest BCUT2D eigenvalue weighted by molar-refractivity contribution is 5.90. The van der Waals surface area contributed by atoms with E-state index in [1.165, 1.54) is 6.26 Å². The third kappa shape index (κ3) is 4.52. The summed E-state index contributed by atoms with van der Waals surface area (Å²) in [7, 11) is 0. The van der Waals surface area contributed by atoms with Gasteiger partial charge in [0.25, 0.3) is 0 Å². The van der Waals surface area contributed by atoms with Crippen LogP contribution in [0, 0.1) is 11.8 Å². The molecule has 0 saturated carbocycles. The summed E-state index contributed by atoms with van der Waals surface area (Å²) in [6.07, 6.45) is 3.13. The molecular formula is C35H35N7O6. The van der Waals surface area contributed by atoms with Crippen molar-refractivity contribution < 1.29 is 28.3 Å². The number of para-hydroxylation sites is 1. The number of anilines is 1. The summed E-state index contributed by atoms with van der Waals surface area (Å²) in [5.74, 6) is 0.518. The summed E-state index contributed by atoms with van der Waals surface area (Å²) in [6, 6.07) is 12.0. The maximum Gasteiger partial charge on any atom is 0.249 e. The van der Waals surface area contributed by atoms with Gasteiger partial charge in [0.05, 0.1) is 0 Å². The van der Waals surface area contributed by atoms with E-state index in [2.05, 4.69) is 25.9 Å². The first-order chi connectivity index (χ1) is 23.1. The van der Waals surface area contributed by atoms with Crippen LogP contribution in [-0.2, 0) is 21.4 Å². The van der Waals surface area contributed by atoms with Crippen molar-refractivity contribution in [1.29, 1.82) is 0 Å². The second-order valence-electron chi connectivity index (χ2n) is 13.2. The van der Waals surface area contributed by atoms with Crippen LogP contribution in [0.1, 0.15) is 62.1 Å². The number of aliphatic hydroxyl groups excluding tert-OH is 1. The van der Waals surface area contributed by atoms with Crippen molar-refractivity contribution in [2.24, 2.45) is 11.8 Å². The zero-order valence-electron chi connectivity index (χ0n) is 26.8. The number of nitrogens with one attached hydrogen (secondary N) is 4. The van der Waals surface area contributed by atoms with Crippen LogP contribution in [0.3, 0.4) is 0 Å². The molecule has 5 atom stereocenters. The lowest BCUT2D eigenvalue weighted by Gasteiger charge is -2.29. The van der Waals surface area contributed by atoms with Crippen LogP contribution in [0.15, 0.2) is 70.0 Å². The highest BCUT2D eigenvalue weighted by atomic mass is 16.5. The summed E-state index contributed by atoms with van der Waals surface area (Å²) in [5.41, 5.74) is 3.19. The monoisotopic (exact) mass is 649 g/mol. The first-order valence-electron chi connectivity index (χ1n) is 16.1. The van der Waals surface area contributed by atoms with Gasteiger partial charge in [-0.2, -0.15) is 0 Å². The molecule has 1 spiro atoms. The van der Waals surface area contributed by atoms with Crippen LogP contribution in [-0.4, -0.2) is 55.2 Å². The number of ether oxygens (including phenoxy) is 1. The Bertz CT molecular complexity index is 2030. The maximum atomic E-state index is 14.0. The molecule has 48 heavy (non-hydrogen) atoms. The minimum absolute atomic E-state index is 0.168. The van der Waals surface area contributed by atoms with Crippen LogP contribution in [0.5, 0.6) is 5.75 Å². The number of imidazole rings is 1. The van der Waals surface area contributed by atoms with Crippen molar-refractivity contribution in [2.75, 3.05) is 5.32 Å². The number of fused-ring (bicyclic) bond motifs is 4. The number of H-pyrrole nitrogens is 1. The van der Waals surface area contributed by atoms with E-state index in [0.717, 1.165) is 22.4 Å². The lowest BCUT2D eigenvalue weighted by molar-refractivity contribution is -0.135. The highest BCUT2D eigenvalue weighted by Gasteiger charge is 2.61. The number of hydrogen-bond donors (Lipinski definition) is 5. The van der Waals surface area contributed by atoms with Crippen LogP contribution in [0.2, 0.25) is 0 Å². The predicted molar refractivity (Wildman–Crippen MR) is 173 cm³/mol. The van der Waals surface area contributed by atoms with E-state index in [-0.39, 0.29) is 30.0 Å². The Kier molecular flexibility index (Phi) is 6.91. The number of hydrogen-bond acceptors (Lipinski definition) is 10. The van der Waals surface area contributed by atoms with Crippen LogP contribution >= 0.6 is 0 Å². The van der Waals surface area contributed by atoms with E-state index in [1.54, 1.807) is 26.2 Å². The molecule has 3 aromatic heterocycles. The Morgan fingerprint density at radius 3 is 2.69 bits per heavy atom. The summed E-state index contributed by atoms with van der Waals surface area (Å²) < 4.78 is 19.5. The molecule has 2 amide bonds. The number of rotatable bonds is 6. The van der Waals surface area contributed by atoms with Gasteiger partial charge in [0.2, 0.25) is 23.6 Å².